The van der Waals surface area contributed by atoms with Gasteiger partial charge >= 0.3 is 0 Å². The zero-order valence-corrected chi connectivity index (χ0v) is 15.9. The highest BCUT2D eigenvalue weighted by Gasteiger charge is 2.11. The van der Waals surface area contributed by atoms with Crippen molar-refractivity contribution in [1.29, 1.82) is 0 Å². The molecule has 0 atom stereocenters. The normalized spacial score (nSPS) is 12.5. The van der Waals surface area contributed by atoms with Crippen LogP contribution in [0.5, 0.6) is 5.75 Å². The topological polar surface area (TPSA) is 51.2 Å². The standard InChI is InChI=1S/C23H19ClN2O2/c24-20-6-1-16(2-7-20)13-25-23-10-3-17(14-26-23)15-28-22-9-5-18-11-21(27)8-4-19(18)12-22/h1-10,12,14H,11,13,15H2,(H,25,26). The van der Waals surface area contributed by atoms with Crippen LogP contribution in [0.1, 0.15) is 22.3 Å². The molecule has 1 aliphatic rings. The third kappa shape index (κ3) is 4.59. The van der Waals surface area contributed by atoms with Crippen LogP contribution in [0.25, 0.3) is 6.08 Å². The Morgan fingerprint density at radius 3 is 2.61 bits per heavy atom. The molecule has 0 fully saturated rings. The molecule has 4 rings (SSSR count). The summed E-state index contributed by atoms with van der Waals surface area (Å²) >= 11 is 5.90. The fraction of sp³-hybridized carbons (Fsp3) is 0.130. The summed E-state index contributed by atoms with van der Waals surface area (Å²) < 4.78 is 5.87. The number of nitrogens with one attached hydrogen (secondary N) is 1. The number of fused-ring (bicyclic) bond motifs is 1. The summed E-state index contributed by atoms with van der Waals surface area (Å²) in [7, 11) is 0. The number of rotatable bonds is 6. The molecule has 1 heterocycles. The lowest BCUT2D eigenvalue weighted by molar-refractivity contribution is -0.114. The molecule has 5 heteroatoms. The second-order valence-electron chi connectivity index (χ2n) is 6.66. The lowest BCUT2D eigenvalue weighted by atomic mass is 9.96. The molecule has 1 N–H and O–H groups in total. The van der Waals surface area contributed by atoms with Crippen molar-refractivity contribution in [1.82, 2.24) is 4.98 Å². The predicted octanol–water partition coefficient (Wildman–Crippen LogP) is 5.06. The molecule has 1 aliphatic carbocycles. The van der Waals surface area contributed by atoms with Gasteiger partial charge in [-0.15, -0.1) is 0 Å². The van der Waals surface area contributed by atoms with Crippen molar-refractivity contribution in [3.05, 3.63) is 94.1 Å². The Morgan fingerprint density at radius 1 is 1.00 bits per heavy atom. The van der Waals surface area contributed by atoms with E-state index in [0.29, 0.717) is 19.6 Å². The molecule has 2 aromatic carbocycles. The van der Waals surface area contributed by atoms with E-state index in [9.17, 15) is 4.79 Å². The summed E-state index contributed by atoms with van der Waals surface area (Å²) in [5.41, 5.74) is 4.21. The first-order valence-corrected chi connectivity index (χ1v) is 9.43. The van der Waals surface area contributed by atoms with E-state index in [1.165, 1.54) is 0 Å². The number of aromatic nitrogens is 1. The molecule has 0 saturated heterocycles. The molecule has 1 aromatic heterocycles. The summed E-state index contributed by atoms with van der Waals surface area (Å²) in [5.74, 6) is 1.72. The number of anilines is 1. The van der Waals surface area contributed by atoms with Crippen molar-refractivity contribution in [2.45, 2.75) is 19.6 Å². The average molecular weight is 391 g/mol. The monoisotopic (exact) mass is 390 g/mol. The molecular weight excluding hydrogens is 372 g/mol. The van der Waals surface area contributed by atoms with Gasteiger partial charge in [-0.3, -0.25) is 4.79 Å². The minimum Gasteiger partial charge on any atom is -0.489 e. The maximum Gasteiger partial charge on any atom is 0.160 e. The Bertz CT molecular complexity index is 1010. The Balaban J connectivity index is 1.32. The predicted molar refractivity (Wildman–Crippen MR) is 112 cm³/mol. The zero-order chi connectivity index (χ0) is 19.3. The number of halogens is 1. The third-order valence-corrected chi connectivity index (χ3v) is 4.80. The number of hydrogen-bond acceptors (Lipinski definition) is 4. The van der Waals surface area contributed by atoms with Gasteiger partial charge in [0.15, 0.2) is 5.78 Å². The number of pyridine rings is 1. The van der Waals surface area contributed by atoms with E-state index < -0.39 is 0 Å². The van der Waals surface area contributed by atoms with Crippen LogP contribution < -0.4 is 10.1 Å². The number of carbonyl (C=O) groups is 1. The van der Waals surface area contributed by atoms with Crippen molar-refractivity contribution in [3.8, 4) is 5.75 Å². The van der Waals surface area contributed by atoms with Gasteiger partial charge in [0.2, 0.25) is 0 Å². The summed E-state index contributed by atoms with van der Waals surface area (Å²) in [5, 5.41) is 4.02. The van der Waals surface area contributed by atoms with Crippen LogP contribution in [0.15, 0.2) is 66.9 Å². The molecule has 0 saturated carbocycles. The van der Waals surface area contributed by atoms with Gasteiger partial charge in [-0.05, 0) is 53.1 Å². The van der Waals surface area contributed by atoms with Gasteiger partial charge in [-0.25, -0.2) is 4.98 Å². The number of allylic oxidation sites excluding steroid dienone is 1. The summed E-state index contributed by atoms with van der Waals surface area (Å²) in [6.45, 7) is 1.12. The fourth-order valence-corrected chi connectivity index (χ4v) is 3.11. The van der Waals surface area contributed by atoms with Gasteiger partial charge in [-0.1, -0.05) is 41.9 Å². The van der Waals surface area contributed by atoms with Crippen LogP contribution in [0.4, 0.5) is 5.82 Å². The smallest absolute Gasteiger partial charge is 0.160 e. The van der Waals surface area contributed by atoms with Crippen molar-refractivity contribution in [3.63, 3.8) is 0 Å². The number of benzene rings is 2. The molecular formula is C23H19ClN2O2. The minimum absolute atomic E-state index is 0.136. The molecule has 0 radical (unpaired) electrons. The van der Waals surface area contributed by atoms with E-state index in [0.717, 1.165) is 38.8 Å². The number of hydrogen-bond donors (Lipinski definition) is 1. The quantitative estimate of drug-likeness (QED) is 0.638. The molecule has 28 heavy (non-hydrogen) atoms. The van der Waals surface area contributed by atoms with E-state index in [4.69, 9.17) is 16.3 Å². The maximum absolute atomic E-state index is 11.5. The Kier molecular flexibility index (Phi) is 5.40. The molecule has 0 spiro atoms. The Morgan fingerprint density at radius 2 is 1.82 bits per heavy atom. The first kappa shape index (κ1) is 18.3. The first-order valence-electron chi connectivity index (χ1n) is 9.05. The largest absolute Gasteiger partial charge is 0.489 e. The Hall–Kier alpha value is -3.11. The molecule has 0 bridgehead atoms. The van der Waals surface area contributed by atoms with E-state index >= 15 is 0 Å². The van der Waals surface area contributed by atoms with E-state index in [1.807, 2.05) is 60.7 Å². The van der Waals surface area contributed by atoms with E-state index in [1.54, 1.807) is 12.3 Å². The third-order valence-electron chi connectivity index (χ3n) is 4.55. The van der Waals surface area contributed by atoms with Crippen molar-refractivity contribution < 1.29 is 9.53 Å². The van der Waals surface area contributed by atoms with Gasteiger partial charge in [0.25, 0.3) is 0 Å². The van der Waals surface area contributed by atoms with Crippen molar-refractivity contribution in [2.75, 3.05) is 5.32 Å². The summed E-state index contributed by atoms with van der Waals surface area (Å²) in [4.78, 5) is 15.9. The Labute approximate surface area is 168 Å². The van der Waals surface area contributed by atoms with Crippen LogP contribution in [0.2, 0.25) is 5.02 Å². The minimum atomic E-state index is 0.136. The van der Waals surface area contributed by atoms with Gasteiger partial charge < -0.3 is 10.1 Å². The van der Waals surface area contributed by atoms with Crippen LogP contribution in [-0.4, -0.2) is 10.8 Å². The second kappa shape index (κ2) is 8.28. The van der Waals surface area contributed by atoms with Gasteiger partial charge in [-0.2, -0.15) is 0 Å². The van der Waals surface area contributed by atoms with Crippen LogP contribution >= 0.6 is 11.6 Å². The van der Waals surface area contributed by atoms with Gasteiger partial charge in [0, 0.05) is 29.7 Å². The first-order chi connectivity index (χ1) is 13.7. The SMILES string of the molecule is O=C1C=Cc2cc(OCc3ccc(NCc4ccc(Cl)cc4)nc3)ccc2C1. The molecule has 4 nitrogen and oxygen atoms in total. The molecule has 0 aliphatic heterocycles. The highest BCUT2D eigenvalue weighted by molar-refractivity contribution is 6.30. The number of ether oxygens (including phenoxy) is 1. The van der Waals surface area contributed by atoms with Crippen LogP contribution in [-0.2, 0) is 24.4 Å². The maximum atomic E-state index is 11.5. The van der Waals surface area contributed by atoms with Crippen LogP contribution in [0.3, 0.4) is 0 Å². The number of nitrogens with zero attached hydrogens (tertiary/aromatic N) is 1. The average Bonchev–Trinajstić information content (AvgIpc) is 2.72. The van der Waals surface area contributed by atoms with Crippen molar-refractivity contribution in [2.24, 2.45) is 0 Å². The molecule has 0 unspecified atom stereocenters. The fourth-order valence-electron chi connectivity index (χ4n) is 2.98. The van der Waals surface area contributed by atoms with Crippen molar-refractivity contribution >= 4 is 29.3 Å². The number of ketones is 1. The highest BCUT2D eigenvalue weighted by atomic mass is 35.5. The zero-order valence-electron chi connectivity index (χ0n) is 15.2. The van der Waals surface area contributed by atoms with Gasteiger partial charge in [0.05, 0.1) is 0 Å². The van der Waals surface area contributed by atoms with E-state index in [-0.39, 0.29) is 5.78 Å². The molecule has 0 amide bonds. The number of carbonyl (C=O) groups excluding carboxylic acids is 1. The highest BCUT2D eigenvalue weighted by Crippen LogP contribution is 2.23. The molecule has 140 valence electrons. The van der Waals surface area contributed by atoms with Crippen LogP contribution in [0, 0.1) is 0 Å². The summed E-state index contributed by atoms with van der Waals surface area (Å²) in [6, 6.07) is 17.5. The summed E-state index contributed by atoms with van der Waals surface area (Å²) in [6.07, 6.45) is 5.73. The molecule has 3 aromatic rings. The van der Waals surface area contributed by atoms with E-state index in [2.05, 4.69) is 10.3 Å². The van der Waals surface area contributed by atoms with Gasteiger partial charge in [0.1, 0.15) is 18.2 Å². The lowest BCUT2D eigenvalue weighted by Crippen LogP contribution is -2.05. The second-order valence-corrected chi connectivity index (χ2v) is 7.09. The lowest BCUT2D eigenvalue weighted by Gasteiger charge is -2.12.